The molecule has 0 aliphatic carbocycles. The van der Waals surface area contributed by atoms with E-state index >= 15 is 0 Å². The molecule has 1 fully saturated rings. The van der Waals surface area contributed by atoms with Crippen LogP contribution < -0.4 is 5.73 Å². The lowest BCUT2D eigenvalue weighted by atomic mass is 10.1. The van der Waals surface area contributed by atoms with Crippen LogP contribution in [0, 0.1) is 0 Å². The molecule has 0 saturated carbocycles. The number of piperazine rings is 1. The van der Waals surface area contributed by atoms with Crippen LogP contribution in [0.4, 0.5) is 5.69 Å². The van der Waals surface area contributed by atoms with Crippen molar-refractivity contribution in [1.82, 2.24) is 9.80 Å². The minimum Gasteiger partial charge on any atom is -0.399 e. The Kier molecular flexibility index (Phi) is 4.47. The highest BCUT2D eigenvalue weighted by Gasteiger charge is 2.30. The summed E-state index contributed by atoms with van der Waals surface area (Å²) < 4.78 is 0. The molecule has 2 atom stereocenters. The molecule has 2 N–H and O–H groups in total. The Balaban J connectivity index is 2.28. The largest absolute Gasteiger partial charge is 0.399 e. The molecule has 1 aromatic rings. The summed E-state index contributed by atoms with van der Waals surface area (Å²) in [5.74, 6) is -0.115. The van der Waals surface area contributed by atoms with Gasteiger partial charge in [0.05, 0.1) is 15.6 Å². The van der Waals surface area contributed by atoms with Gasteiger partial charge in [-0.1, -0.05) is 23.2 Å². The second-order valence-corrected chi connectivity index (χ2v) is 6.22. The maximum absolute atomic E-state index is 12.6. The van der Waals surface area contributed by atoms with Crippen LogP contribution in [0.25, 0.3) is 0 Å². The summed E-state index contributed by atoms with van der Waals surface area (Å²) in [6, 6.07) is 3.75. The van der Waals surface area contributed by atoms with E-state index in [0.717, 1.165) is 0 Å². The Bertz CT molecular complexity index is 523. The van der Waals surface area contributed by atoms with Gasteiger partial charge in [0.25, 0.3) is 5.91 Å². The molecule has 20 heavy (non-hydrogen) atoms. The minimum absolute atomic E-state index is 0.115. The highest BCUT2D eigenvalue weighted by atomic mass is 35.5. The van der Waals surface area contributed by atoms with Crippen LogP contribution in [0.15, 0.2) is 12.1 Å². The molecule has 1 amide bonds. The first-order valence-electron chi connectivity index (χ1n) is 6.57. The summed E-state index contributed by atoms with van der Waals surface area (Å²) >= 11 is 12.1. The fourth-order valence-corrected chi connectivity index (χ4v) is 2.92. The third-order valence-corrected chi connectivity index (χ3v) is 4.73. The van der Waals surface area contributed by atoms with Crippen LogP contribution in [-0.2, 0) is 0 Å². The Hall–Kier alpha value is -0.970. The summed E-state index contributed by atoms with van der Waals surface area (Å²) in [4.78, 5) is 16.7. The highest BCUT2D eigenvalue weighted by molar-refractivity contribution is 6.44. The normalized spacial score (nSPS) is 23.9. The number of carbonyl (C=O) groups excluding carboxylic acids is 1. The van der Waals surface area contributed by atoms with Crippen molar-refractivity contribution in [3.63, 3.8) is 0 Å². The van der Waals surface area contributed by atoms with Crippen molar-refractivity contribution in [2.24, 2.45) is 0 Å². The van der Waals surface area contributed by atoms with Crippen molar-refractivity contribution in [3.05, 3.63) is 27.7 Å². The maximum Gasteiger partial charge on any atom is 0.255 e. The number of likely N-dealkylation sites (N-methyl/N-ethyl adjacent to an activating group) is 1. The van der Waals surface area contributed by atoms with Gasteiger partial charge in [-0.3, -0.25) is 9.69 Å². The van der Waals surface area contributed by atoms with Crippen molar-refractivity contribution in [2.75, 3.05) is 25.9 Å². The van der Waals surface area contributed by atoms with Crippen LogP contribution in [-0.4, -0.2) is 47.9 Å². The predicted octanol–water partition coefficient (Wildman–Crippen LogP) is 2.74. The van der Waals surface area contributed by atoms with E-state index in [-0.39, 0.29) is 10.9 Å². The summed E-state index contributed by atoms with van der Waals surface area (Å²) in [5, 5.41) is 0.579. The molecule has 110 valence electrons. The third-order valence-electron chi connectivity index (χ3n) is 3.93. The lowest BCUT2D eigenvalue weighted by Crippen LogP contribution is -2.56. The Morgan fingerprint density at radius 3 is 2.35 bits per heavy atom. The molecule has 1 heterocycles. The summed E-state index contributed by atoms with van der Waals surface area (Å²) in [6.07, 6.45) is 0. The van der Waals surface area contributed by atoms with Crippen molar-refractivity contribution in [1.29, 1.82) is 0 Å². The smallest absolute Gasteiger partial charge is 0.255 e. The average molecular weight is 316 g/mol. The average Bonchev–Trinajstić information content (AvgIpc) is 2.38. The Labute approximate surface area is 129 Å². The number of amides is 1. The van der Waals surface area contributed by atoms with Gasteiger partial charge in [-0.25, -0.2) is 0 Å². The number of nitrogen functional groups attached to an aromatic ring is 1. The molecule has 2 unspecified atom stereocenters. The van der Waals surface area contributed by atoms with Crippen LogP contribution in [0.2, 0.25) is 10.0 Å². The lowest BCUT2D eigenvalue weighted by Gasteiger charge is -2.42. The number of nitrogens with two attached hydrogens (primary N) is 1. The summed E-state index contributed by atoms with van der Waals surface area (Å²) in [5.41, 5.74) is 6.57. The van der Waals surface area contributed by atoms with E-state index in [4.69, 9.17) is 28.9 Å². The fourth-order valence-electron chi connectivity index (χ4n) is 2.51. The molecule has 0 spiro atoms. The number of benzene rings is 1. The van der Waals surface area contributed by atoms with E-state index in [2.05, 4.69) is 25.8 Å². The molecular weight excluding hydrogens is 297 g/mol. The zero-order valence-corrected chi connectivity index (χ0v) is 13.4. The van der Waals surface area contributed by atoms with Crippen LogP contribution in [0.3, 0.4) is 0 Å². The van der Waals surface area contributed by atoms with E-state index in [1.54, 1.807) is 12.1 Å². The monoisotopic (exact) mass is 315 g/mol. The third kappa shape index (κ3) is 2.87. The van der Waals surface area contributed by atoms with Crippen molar-refractivity contribution >= 4 is 34.8 Å². The first kappa shape index (κ1) is 15.4. The topological polar surface area (TPSA) is 49.6 Å². The molecule has 1 aliphatic heterocycles. The fraction of sp³-hybridized carbons (Fsp3) is 0.500. The summed E-state index contributed by atoms with van der Waals surface area (Å²) in [6.45, 7) is 5.54. The van der Waals surface area contributed by atoms with Gasteiger partial charge in [0.2, 0.25) is 0 Å². The van der Waals surface area contributed by atoms with Crippen LogP contribution in [0.1, 0.15) is 24.2 Å². The first-order chi connectivity index (χ1) is 9.31. The first-order valence-corrected chi connectivity index (χ1v) is 7.32. The number of anilines is 1. The molecule has 0 aromatic heterocycles. The molecule has 2 rings (SSSR count). The molecule has 6 heteroatoms. The standard InChI is InChI=1S/C14H19Cl2N3O/c1-8-6-19(7-9(2)18(8)3)14(20)11-4-10(17)5-12(15)13(11)16/h4-5,8-9H,6-7,17H2,1-3H3. The highest BCUT2D eigenvalue weighted by Crippen LogP contribution is 2.30. The zero-order valence-electron chi connectivity index (χ0n) is 11.9. The predicted molar refractivity (Wildman–Crippen MR) is 83.5 cm³/mol. The molecule has 1 saturated heterocycles. The van der Waals surface area contributed by atoms with Gasteiger partial charge in [0.15, 0.2) is 0 Å². The van der Waals surface area contributed by atoms with Gasteiger partial charge in [-0.05, 0) is 33.0 Å². The SMILES string of the molecule is CC1CN(C(=O)c2cc(N)cc(Cl)c2Cl)CC(C)N1C. The molecule has 4 nitrogen and oxygen atoms in total. The van der Waals surface area contributed by atoms with Crippen molar-refractivity contribution < 1.29 is 4.79 Å². The number of halogens is 2. The molecule has 1 aliphatic rings. The Morgan fingerprint density at radius 2 is 1.80 bits per heavy atom. The van der Waals surface area contributed by atoms with Crippen LogP contribution >= 0.6 is 23.2 Å². The number of hydrogen-bond acceptors (Lipinski definition) is 3. The van der Waals surface area contributed by atoms with Gasteiger partial charge in [-0.2, -0.15) is 0 Å². The van der Waals surface area contributed by atoms with Gasteiger partial charge in [-0.15, -0.1) is 0 Å². The molecule has 0 radical (unpaired) electrons. The Morgan fingerprint density at radius 1 is 1.25 bits per heavy atom. The van der Waals surface area contributed by atoms with Crippen molar-refractivity contribution in [3.8, 4) is 0 Å². The second-order valence-electron chi connectivity index (χ2n) is 5.44. The van der Waals surface area contributed by atoms with E-state index in [9.17, 15) is 4.79 Å². The second kappa shape index (κ2) is 5.80. The zero-order chi connectivity index (χ0) is 15.0. The molecule has 0 bridgehead atoms. The number of rotatable bonds is 1. The van der Waals surface area contributed by atoms with Crippen LogP contribution in [0.5, 0.6) is 0 Å². The van der Waals surface area contributed by atoms with Gasteiger partial charge < -0.3 is 10.6 Å². The molecular formula is C14H19Cl2N3O. The van der Waals surface area contributed by atoms with E-state index in [1.165, 1.54) is 0 Å². The van der Waals surface area contributed by atoms with Crippen molar-refractivity contribution in [2.45, 2.75) is 25.9 Å². The lowest BCUT2D eigenvalue weighted by molar-refractivity contribution is 0.0414. The maximum atomic E-state index is 12.6. The molecule has 1 aromatic carbocycles. The number of hydrogen-bond donors (Lipinski definition) is 1. The number of carbonyl (C=O) groups is 1. The van der Waals surface area contributed by atoms with E-state index in [0.29, 0.717) is 41.4 Å². The minimum atomic E-state index is -0.115. The van der Waals surface area contributed by atoms with Gasteiger partial charge >= 0.3 is 0 Å². The quantitative estimate of drug-likeness (QED) is 0.811. The van der Waals surface area contributed by atoms with Gasteiger partial charge in [0.1, 0.15) is 0 Å². The van der Waals surface area contributed by atoms with E-state index in [1.807, 2.05) is 4.90 Å². The number of nitrogens with zero attached hydrogens (tertiary/aromatic N) is 2. The van der Waals surface area contributed by atoms with Gasteiger partial charge in [0, 0.05) is 30.9 Å². The van der Waals surface area contributed by atoms with E-state index < -0.39 is 0 Å². The summed E-state index contributed by atoms with van der Waals surface area (Å²) in [7, 11) is 2.07.